The highest BCUT2D eigenvalue weighted by molar-refractivity contribution is 4.87. The van der Waals surface area contributed by atoms with Gasteiger partial charge in [0.05, 0.1) is 0 Å². The third-order valence-electron chi connectivity index (χ3n) is 4.26. The van der Waals surface area contributed by atoms with Crippen LogP contribution in [0.3, 0.4) is 0 Å². The van der Waals surface area contributed by atoms with Crippen molar-refractivity contribution in [3.05, 3.63) is 0 Å². The van der Waals surface area contributed by atoms with Crippen LogP contribution in [-0.4, -0.2) is 50.8 Å². The summed E-state index contributed by atoms with van der Waals surface area (Å²) in [7, 11) is 2.07. The van der Waals surface area contributed by atoms with Gasteiger partial charge in [-0.2, -0.15) is 0 Å². The number of nitrogens with one attached hydrogen (secondary N) is 1. The van der Waals surface area contributed by atoms with Gasteiger partial charge in [-0.3, -0.25) is 0 Å². The number of ether oxygens (including phenoxy) is 1. The maximum absolute atomic E-state index is 5.53. The smallest absolute Gasteiger partial charge is 0.0472 e. The van der Waals surface area contributed by atoms with E-state index in [4.69, 9.17) is 4.74 Å². The summed E-state index contributed by atoms with van der Waals surface area (Å²) in [5.74, 6) is 0. The summed E-state index contributed by atoms with van der Waals surface area (Å²) in [6, 6.07) is 0.691. The molecule has 1 atom stereocenters. The zero-order valence-corrected chi connectivity index (χ0v) is 12.1. The molecular formula is C14H30N2O. The molecule has 0 aromatic heterocycles. The lowest BCUT2D eigenvalue weighted by molar-refractivity contribution is -0.00909. The first-order chi connectivity index (χ1) is 8.17. The van der Waals surface area contributed by atoms with E-state index in [-0.39, 0.29) is 0 Å². The lowest BCUT2D eigenvalue weighted by atomic mass is 9.79. The molecule has 1 heterocycles. The number of hydrogen-bond acceptors (Lipinski definition) is 3. The van der Waals surface area contributed by atoms with E-state index >= 15 is 0 Å². The highest BCUT2D eigenvalue weighted by atomic mass is 16.5. The van der Waals surface area contributed by atoms with Gasteiger partial charge in [0, 0.05) is 32.3 Å². The highest BCUT2D eigenvalue weighted by Crippen LogP contribution is 2.31. The summed E-state index contributed by atoms with van der Waals surface area (Å²) in [5.41, 5.74) is 0.423. The van der Waals surface area contributed by atoms with Crippen LogP contribution >= 0.6 is 0 Å². The summed E-state index contributed by atoms with van der Waals surface area (Å²) < 4.78 is 5.53. The normalized spacial score (nSPS) is 21.7. The first kappa shape index (κ1) is 14.9. The monoisotopic (exact) mass is 242 g/mol. The van der Waals surface area contributed by atoms with Crippen LogP contribution < -0.4 is 5.32 Å². The van der Waals surface area contributed by atoms with Gasteiger partial charge in [0.15, 0.2) is 0 Å². The molecule has 1 saturated heterocycles. The van der Waals surface area contributed by atoms with Crippen molar-refractivity contribution >= 4 is 0 Å². The zero-order valence-electron chi connectivity index (χ0n) is 12.1. The van der Waals surface area contributed by atoms with Crippen LogP contribution in [0.4, 0.5) is 0 Å². The molecule has 0 aromatic rings. The second-order valence-corrected chi connectivity index (χ2v) is 5.46. The van der Waals surface area contributed by atoms with Crippen LogP contribution in [0.25, 0.3) is 0 Å². The maximum Gasteiger partial charge on any atom is 0.0472 e. The molecule has 3 nitrogen and oxygen atoms in total. The molecule has 1 N–H and O–H groups in total. The molecule has 0 saturated carbocycles. The van der Waals surface area contributed by atoms with Gasteiger partial charge in [0.25, 0.3) is 0 Å². The molecule has 1 aliphatic heterocycles. The fourth-order valence-corrected chi connectivity index (χ4v) is 2.84. The van der Waals surface area contributed by atoms with E-state index in [1.165, 1.54) is 25.8 Å². The van der Waals surface area contributed by atoms with Gasteiger partial charge < -0.3 is 15.0 Å². The standard InChI is InChI=1S/C14H30N2O/c1-5-13(3)16(6-2)12-14(11-15-4)7-9-17-10-8-14/h13,15H,5-12H2,1-4H3. The van der Waals surface area contributed by atoms with E-state index < -0.39 is 0 Å². The minimum absolute atomic E-state index is 0.423. The van der Waals surface area contributed by atoms with E-state index in [1.54, 1.807) is 0 Å². The Kier molecular flexibility index (Phi) is 6.45. The van der Waals surface area contributed by atoms with Crippen LogP contribution in [0.5, 0.6) is 0 Å². The first-order valence-electron chi connectivity index (χ1n) is 7.14. The number of hydrogen-bond donors (Lipinski definition) is 1. The van der Waals surface area contributed by atoms with Crippen LogP contribution in [0.1, 0.15) is 40.0 Å². The summed E-state index contributed by atoms with van der Waals surface area (Å²) in [6.07, 6.45) is 3.63. The zero-order chi connectivity index (χ0) is 12.7. The topological polar surface area (TPSA) is 24.5 Å². The molecule has 0 radical (unpaired) electrons. The van der Waals surface area contributed by atoms with Crippen molar-refractivity contribution in [3.8, 4) is 0 Å². The maximum atomic E-state index is 5.53. The first-order valence-corrected chi connectivity index (χ1v) is 7.14. The van der Waals surface area contributed by atoms with Gasteiger partial charge in [-0.05, 0) is 45.2 Å². The predicted molar refractivity (Wildman–Crippen MR) is 73.4 cm³/mol. The van der Waals surface area contributed by atoms with E-state index in [0.717, 1.165) is 26.3 Å². The SMILES string of the molecule is CCC(C)N(CC)CC1(CNC)CCOCC1. The average Bonchev–Trinajstić information content (AvgIpc) is 2.36. The van der Waals surface area contributed by atoms with Crippen molar-refractivity contribution in [3.63, 3.8) is 0 Å². The largest absolute Gasteiger partial charge is 0.381 e. The third kappa shape index (κ3) is 4.23. The van der Waals surface area contributed by atoms with Gasteiger partial charge in [-0.15, -0.1) is 0 Å². The molecule has 102 valence electrons. The molecule has 0 spiro atoms. The van der Waals surface area contributed by atoms with Crippen LogP contribution in [-0.2, 0) is 4.74 Å². The van der Waals surface area contributed by atoms with Crippen molar-refractivity contribution < 1.29 is 4.74 Å². The summed E-state index contributed by atoms with van der Waals surface area (Å²) in [4.78, 5) is 2.63. The lowest BCUT2D eigenvalue weighted by Crippen LogP contribution is -2.49. The minimum Gasteiger partial charge on any atom is -0.381 e. The van der Waals surface area contributed by atoms with Crippen molar-refractivity contribution in [2.45, 2.75) is 46.1 Å². The third-order valence-corrected chi connectivity index (χ3v) is 4.26. The Labute approximate surface area is 107 Å². The van der Waals surface area contributed by atoms with Gasteiger partial charge in [-0.25, -0.2) is 0 Å². The van der Waals surface area contributed by atoms with E-state index in [2.05, 4.69) is 38.0 Å². The molecule has 1 unspecified atom stereocenters. The molecule has 0 aliphatic carbocycles. The Morgan fingerprint density at radius 1 is 1.29 bits per heavy atom. The van der Waals surface area contributed by atoms with E-state index in [1.807, 2.05) is 0 Å². The molecule has 1 aliphatic rings. The van der Waals surface area contributed by atoms with Crippen LogP contribution in [0, 0.1) is 5.41 Å². The highest BCUT2D eigenvalue weighted by Gasteiger charge is 2.34. The molecule has 3 heteroatoms. The second-order valence-electron chi connectivity index (χ2n) is 5.46. The van der Waals surface area contributed by atoms with Crippen LogP contribution in [0.2, 0.25) is 0 Å². The quantitative estimate of drug-likeness (QED) is 0.740. The fourth-order valence-electron chi connectivity index (χ4n) is 2.84. The van der Waals surface area contributed by atoms with Crippen molar-refractivity contribution in [1.29, 1.82) is 0 Å². The summed E-state index contributed by atoms with van der Waals surface area (Å²) in [5, 5.41) is 3.38. The van der Waals surface area contributed by atoms with Gasteiger partial charge in [0.2, 0.25) is 0 Å². The molecule has 17 heavy (non-hydrogen) atoms. The molecular weight excluding hydrogens is 212 g/mol. The Morgan fingerprint density at radius 2 is 1.94 bits per heavy atom. The van der Waals surface area contributed by atoms with Crippen molar-refractivity contribution in [2.75, 3.05) is 39.9 Å². The Hall–Kier alpha value is -0.120. The van der Waals surface area contributed by atoms with E-state index in [0.29, 0.717) is 11.5 Å². The van der Waals surface area contributed by atoms with E-state index in [9.17, 15) is 0 Å². The lowest BCUT2D eigenvalue weighted by Gasteiger charge is -2.42. The predicted octanol–water partition coefficient (Wildman–Crippen LogP) is 2.12. The summed E-state index contributed by atoms with van der Waals surface area (Å²) >= 11 is 0. The Balaban J connectivity index is 2.63. The van der Waals surface area contributed by atoms with Gasteiger partial charge in [-0.1, -0.05) is 13.8 Å². The minimum atomic E-state index is 0.423. The number of rotatable bonds is 7. The van der Waals surface area contributed by atoms with Gasteiger partial charge >= 0.3 is 0 Å². The molecule has 0 bridgehead atoms. The van der Waals surface area contributed by atoms with Gasteiger partial charge in [0.1, 0.15) is 0 Å². The average molecular weight is 242 g/mol. The van der Waals surface area contributed by atoms with Crippen molar-refractivity contribution in [2.24, 2.45) is 5.41 Å². The molecule has 0 amide bonds. The second kappa shape index (κ2) is 7.34. The summed E-state index contributed by atoms with van der Waals surface area (Å²) in [6.45, 7) is 12.2. The molecule has 1 rings (SSSR count). The van der Waals surface area contributed by atoms with Crippen molar-refractivity contribution in [1.82, 2.24) is 10.2 Å². The fraction of sp³-hybridized carbons (Fsp3) is 1.00. The molecule has 1 fully saturated rings. The Bertz CT molecular complexity index is 197. The van der Waals surface area contributed by atoms with Crippen LogP contribution in [0.15, 0.2) is 0 Å². The Morgan fingerprint density at radius 3 is 2.41 bits per heavy atom. The number of nitrogens with zero attached hydrogens (tertiary/aromatic N) is 1. The molecule has 0 aromatic carbocycles.